The highest BCUT2D eigenvalue weighted by atomic mass is 19.3. The summed E-state index contributed by atoms with van der Waals surface area (Å²) in [5.74, 6) is -3.04. The molecule has 0 spiro atoms. The van der Waals surface area contributed by atoms with Crippen LogP contribution in [0, 0.1) is 6.92 Å². The van der Waals surface area contributed by atoms with Crippen LogP contribution in [-0.2, 0) is 0 Å². The SMILES string of the molecule is CC.CCCCC(F)(F)C(O)c1ccc(C)cc1. The average Bonchev–Trinajstić information content (AvgIpc) is 2.39. The van der Waals surface area contributed by atoms with Crippen molar-refractivity contribution in [3.63, 3.8) is 0 Å². The number of alkyl halides is 2. The predicted molar refractivity (Wildman–Crippen MR) is 72.0 cm³/mol. The Morgan fingerprint density at radius 3 is 2.11 bits per heavy atom. The van der Waals surface area contributed by atoms with Gasteiger partial charge in [-0.3, -0.25) is 0 Å². The van der Waals surface area contributed by atoms with Crippen LogP contribution in [0.5, 0.6) is 0 Å². The Morgan fingerprint density at radius 1 is 1.17 bits per heavy atom. The van der Waals surface area contributed by atoms with Crippen molar-refractivity contribution in [1.29, 1.82) is 0 Å². The summed E-state index contributed by atoms with van der Waals surface area (Å²) in [6.45, 7) is 7.74. The summed E-state index contributed by atoms with van der Waals surface area (Å²) in [4.78, 5) is 0. The number of halogens is 2. The van der Waals surface area contributed by atoms with Gasteiger partial charge in [0, 0.05) is 6.42 Å². The van der Waals surface area contributed by atoms with E-state index in [1.807, 2.05) is 27.7 Å². The number of hydrogen-bond donors (Lipinski definition) is 1. The molecule has 0 aromatic heterocycles. The molecule has 18 heavy (non-hydrogen) atoms. The van der Waals surface area contributed by atoms with E-state index >= 15 is 0 Å². The standard InChI is InChI=1S/C13H18F2O.C2H6/c1-3-4-9-13(14,15)12(16)11-7-5-10(2)6-8-11;1-2/h5-8,12,16H,3-4,9H2,1-2H3;1-2H3. The van der Waals surface area contributed by atoms with Gasteiger partial charge in [-0.05, 0) is 18.9 Å². The summed E-state index contributed by atoms with van der Waals surface area (Å²) in [6, 6.07) is 6.57. The summed E-state index contributed by atoms with van der Waals surface area (Å²) in [5.41, 5.74) is 1.28. The van der Waals surface area contributed by atoms with E-state index in [4.69, 9.17) is 0 Å². The Hall–Kier alpha value is -0.960. The Bertz CT molecular complexity index is 320. The van der Waals surface area contributed by atoms with Crippen molar-refractivity contribution in [3.8, 4) is 0 Å². The summed E-state index contributed by atoms with van der Waals surface area (Å²) in [5, 5.41) is 9.62. The first-order chi connectivity index (χ1) is 8.47. The zero-order valence-corrected chi connectivity index (χ0v) is 11.7. The topological polar surface area (TPSA) is 20.2 Å². The molecule has 1 aromatic rings. The van der Waals surface area contributed by atoms with E-state index in [0.29, 0.717) is 12.8 Å². The highest BCUT2D eigenvalue weighted by Gasteiger charge is 2.38. The first-order valence-electron chi connectivity index (χ1n) is 6.60. The van der Waals surface area contributed by atoms with Crippen molar-refractivity contribution in [1.82, 2.24) is 0 Å². The first-order valence-corrected chi connectivity index (χ1v) is 6.60. The quantitative estimate of drug-likeness (QED) is 0.798. The number of aliphatic hydroxyl groups excluding tert-OH is 1. The Kier molecular flexibility index (Phi) is 7.76. The lowest BCUT2D eigenvalue weighted by Gasteiger charge is -2.22. The molecule has 1 rings (SSSR count). The van der Waals surface area contributed by atoms with E-state index in [2.05, 4.69) is 0 Å². The molecule has 3 heteroatoms. The second-order valence-corrected chi connectivity index (χ2v) is 4.18. The first kappa shape index (κ1) is 17.0. The smallest absolute Gasteiger partial charge is 0.277 e. The van der Waals surface area contributed by atoms with Gasteiger partial charge in [-0.2, -0.15) is 0 Å². The molecular weight excluding hydrogens is 234 g/mol. The minimum atomic E-state index is -3.04. The molecule has 0 fully saturated rings. The van der Waals surface area contributed by atoms with Crippen LogP contribution in [0.15, 0.2) is 24.3 Å². The second kappa shape index (κ2) is 8.20. The number of hydrogen-bond acceptors (Lipinski definition) is 1. The normalized spacial score (nSPS) is 12.6. The number of aryl methyl sites for hydroxylation is 1. The van der Waals surface area contributed by atoms with Crippen LogP contribution in [0.1, 0.15) is 57.3 Å². The molecule has 1 unspecified atom stereocenters. The second-order valence-electron chi connectivity index (χ2n) is 4.18. The van der Waals surface area contributed by atoms with Crippen LogP contribution in [0.4, 0.5) is 8.78 Å². The fourth-order valence-electron chi connectivity index (χ4n) is 1.54. The van der Waals surface area contributed by atoms with Crippen LogP contribution >= 0.6 is 0 Å². The van der Waals surface area contributed by atoms with E-state index < -0.39 is 12.0 Å². The van der Waals surface area contributed by atoms with Gasteiger partial charge in [0.25, 0.3) is 5.92 Å². The molecule has 1 nitrogen and oxygen atoms in total. The van der Waals surface area contributed by atoms with E-state index in [1.54, 1.807) is 24.3 Å². The molecule has 0 saturated carbocycles. The molecule has 1 N–H and O–H groups in total. The maximum absolute atomic E-state index is 13.5. The maximum Gasteiger partial charge on any atom is 0.277 e. The molecule has 0 aliphatic heterocycles. The fraction of sp³-hybridized carbons (Fsp3) is 0.600. The molecule has 0 aliphatic rings. The molecule has 0 saturated heterocycles. The minimum Gasteiger partial charge on any atom is -0.382 e. The molecular formula is C15H24F2O. The predicted octanol–water partition coefficient (Wildman–Crippen LogP) is 4.88. The largest absolute Gasteiger partial charge is 0.382 e. The van der Waals surface area contributed by atoms with Crippen molar-refractivity contribution in [2.24, 2.45) is 0 Å². The van der Waals surface area contributed by atoms with Crippen LogP contribution < -0.4 is 0 Å². The zero-order chi connectivity index (χ0) is 14.2. The van der Waals surface area contributed by atoms with Crippen LogP contribution in [-0.4, -0.2) is 11.0 Å². The Balaban J connectivity index is 0.00000137. The third kappa shape index (κ3) is 5.13. The van der Waals surface area contributed by atoms with Gasteiger partial charge < -0.3 is 5.11 Å². The maximum atomic E-state index is 13.5. The summed E-state index contributed by atoms with van der Waals surface area (Å²) in [7, 11) is 0. The van der Waals surface area contributed by atoms with E-state index in [-0.39, 0.29) is 12.0 Å². The monoisotopic (exact) mass is 258 g/mol. The van der Waals surface area contributed by atoms with Crippen molar-refractivity contribution in [2.45, 2.75) is 59.0 Å². The summed E-state index contributed by atoms with van der Waals surface area (Å²) >= 11 is 0. The zero-order valence-electron chi connectivity index (χ0n) is 11.7. The average molecular weight is 258 g/mol. The molecule has 1 atom stereocenters. The van der Waals surface area contributed by atoms with Gasteiger partial charge in [0.05, 0.1) is 0 Å². The van der Waals surface area contributed by atoms with Gasteiger partial charge in [0.2, 0.25) is 0 Å². The lowest BCUT2D eigenvalue weighted by Crippen LogP contribution is -2.26. The highest BCUT2D eigenvalue weighted by molar-refractivity contribution is 5.24. The van der Waals surface area contributed by atoms with Crippen molar-refractivity contribution in [3.05, 3.63) is 35.4 Å². The van der Waals surface area contributed by atoms with Gasteiger partial charge in [0.1, 0.15) is 6.10 Å². The van der Waals surface area contributed by atoms with Crippen LogP contribution in [0.3, 0.4) is 0 Å². The number of unbranched alkanes of at least 4 members (excludes halogenated alkanes) is 1. The van der Waals surface area contributed by atoms with Gasteiger partial charge >= 0.3 is 0 Å². The molecule has 1 aromatic carbocycles. The van der Waals surface area contributed by atoms with Gasteiger partial charge in [-0.1, -0.05) is 57.0 Å². The molecule has 0 bridgehead atoms. The lowest BCUT2D eigenvalue weighted by atomic mass is 9.98. The third-order valence-corrected chi connectivity index (χ3v) is 2.66. The molecule has 0 heterocycles. The number of rotatable bonds is 5. The van der Waals surface area contributed by atoms with E-state index in [9.17, 15) is 13.9 Å². The van der Waals surface area contributed by atoms with Crippen LogP contribution in [0.2, 0.25) is 0 Å². The van der Waals surface area contributed by atoms with Crippen molar-refractivity contribution in [2.75, 3.05) is 0 Å². The lowest BCUT2D eigenvalue weighted by molar-refractivity contribution is -0.117. The van der Waals surface area contributed by atoms with Crippen molar-refractivity contribution >= 4 is 0 Å². The minimum absolute atomic E-state index is 0.265. The summed E-state index contributed by atoms with van der Waals surface area (Å²) in [6.07, 6.45) is -0.829. The third-order valence-electron chi connectivity index (χ3n) is 2.66. The molecule has 104 valence electrons. The summed E-state index contributed by atoms with van der Waals surface area (Å²) < 4.78 is 27.1. The van der Waals surface area contributed by atoms with E-state index in [0.717, 1.165) is 5.56 Å². The Labute approximate surface area is 109 Å². The van der Waals surface area contributed by atoms with Crippen molar-refractivity contribution < 1.29 is 13.9 Å². The molecule has 0 amide bonds. The van der Waals surface area contributed by atoms with Crippen LogP contribution in [0.25, 0.3) is 0 Å². The Morgan fingerprint density at radius 2 is 1.67 bits per heavy atom. The van der Waals surface area contributed by atoms with Gasteiger partial charge in [-0.25, -0.2) is 8.78 Å². The van der Waals surface area contributed by atoms with E-state index in [1.165, 1.54) is 0 Å². The van der Waals surface area contributed by atoms with Gasteiger partial charge in [-0.15, -0.1) is 0 Å². The molecule has 0 aliphatic carbocycles. The highest BCUT2D eigenvalue weighted by Crippen LogP contribution is 2.35. The fourth-order valence-corrected chi connectivity index (χ4v) is 1.54. The molecule has 0 radical (unpaired) electrons. The van der Waals surface area contributed by atoms with Gasteiger partial charge in [0.15, 0.2) is 0 Å². The number of aliphatic hydroxyl groups is 1. The number of benzene rings is 1.